The summed E-state index contributed by atoms with van der Waals surface area (Å²) in [6.45, 7) is 0. The number of benzene rings is 4. The van der Waals surface area contributed by atoms with Crippen LogP contribution in [0.2, 0.25) is 0 Å². The molecule has 5 nitrogen and oxygen atoms in total. The zero-order valence-electron chi connectivity index (χ0n) is 16.7. The molecule has 31 heavy (non-hydrogen) atoms. The highest BCUT2D eigenvalue weighted by atomic mass is 32.2. The number of para-hydroxylation sites is 1. The van der Waals surface area contributed by atoms with E-state index in [1.54, 1.807) is 49.6 Å². The molecule has 4 aromatic rings. The van der Waals surface area contributed by atoms with Crippen molar-refractivity contribution >= 4 is 9.84 Å². The van der Waals surface area contributed by atoms with Crippen molar-refractivity contribution in [3.63, 3.8) is 0 Å². The molecule has 0 bridgehead atoms. The van der Waals surface area contributed by atoms with Crippen LogP contribution in [-0.4, -0.2) is 20.6 Å². The van der Waals surface area contributed by atoms with E-state index in [9.17, 15) is 13.5 Å². The molecule has 0 heterocycles. The topological polar surface area (TPSA) is 72.8 Å². The number of phenolic OH excluding ortho intramolecular Hbond substituents is 1. The third kappa shape index (κ3) is 4.39. The normalized spacial score (nSPS) is 11.1. The number of aromatic hydroxyl groups is 1. The maximum Gasteiger partial charge on any atom is 0.207 e. The minimum atomic E-state index is -3.84. The van der Waals surface area contributed by atoms with Gasteiger partial charge < -0.3 is 14.6 Å². The van der Waals surface area contributed by atoms with Crippen LogP contribution in [-0.2, 0) is 9.84 Å². The summed E-state index contributed by atoms with van der Waals surface area (Å²) < 4.78 is 37.9. The zero-order valence-corrected chi connectivity index (χ0v) is 17.5. The molecule has 4 aromatic carbocycles. The molecule has 0 spiro atoms. The number of hydrogen-bond donors (Lipinski definition) is 1. The summed E-state index contributed by atoms with van der Waals surface area (Å²) in [5, 5.41) is 9.53. The largest absolute Gasteiger partial charge is 0.508 e. The zero-order chi connectivity index (χ0) is 21.8. The number of sulfone groups is 1. The van der Waals surface area contributed by atoms with Crippen molar-refractivity contribution in [2.75, 3.05) is 7.11 Å². The van der Waals surface area contributed by atoms with E-state index in [0.717, 1.165) is 0 Å². The van der Waals surface area contributed by atoms with Crippen molar-refractivity contribution in [3.8, 4) is 34.1 Å². The predicted molar refractivity (Wildman–Crippen MR) is 119 cm³/mol. The summed E-state index contributed by atoms with van der Waals surface area (Å²) in [7, 11) is -2.26. The molecule has 0 saturated carbocycles. The van der Waals surface area contributed by atoms with Crippen LogP contribution >= 0.6 is 0 Å². The molecule has 0 aliphatic heterocycles. The van der Waals surface area contributed by atoms with Crippen LogP contribution in [0.25, 0.3) is 11.1 Å². The van der Waals surface area contributed by atoms with Crippen molar-refractivity contribution in [2.24, 2.45) is 0 Å². The third-order valence-electron chi connectivity index (χ3n) is 4.77. The van der Waals surface area contributed by atoms with Gasteiger partial charge in [-0.3, -0.25) is 0 Å². The highest BCUT2D eigenvalue weighted by Crippen LogP contribution is 2.36. The average molecular weight is 432 g/mol. The minimum absolute atomic E-state index is 0.000868. The second kappa shape index (κ2) is 8.53. The lowest BCUT2D eigenvalue weighted by molar-refractivity contribution is 0.415. The first-order valence-electron chi connectivity index (χ1n) is 9.53. The molecular weight excluding hydrogens is 412 g/mol. The Balaban J connectivity index is 1.84. The van der Waals surface area contributed by atoms with Gasteiger partial charge in [0.1, 0.15) is 23.0 Å². The summed E-state index contributed by atoms with van der Waals surface area (Å²) in [4.78, 5) is 0.237. The van der Waals surface area contributed by atoms with Gasteiger partial charge in [0.05, 0.1) is 16.9 Å². The molecule has 0 aliphatic rings. The molecule has 0 fully saturated rings. The Kier molecular flexibility index (Phi) is 5.64. The van der Waals surface area contributed by atoms with Gasteiger partial charge in [-0.25, -0.2) is 8.42 Å². The Hall–Kier alpha value is -3.77. The van der Waals surface area contributed by atoms with Gasteiger partial charge in [0.2, 0.25) is 9.84 Å². The van der Waals surface area contributed by atoms with Crippen LogP contribution in [0.3, 0.4) is 0 Å². The number of methoxy groups -OCH3 is 1. The van der Waals surface area contributed by atoms with E-state index in [1.165, 1.54) is 24.3 Å². The minimum Gasteiger partial charge on any atom is -0.508 e. The first-order chi connectivity index (χ1) is 15.0. The first-order valence-corrected chi connectivity index (χ1v) is 11.0. The number of ether oxygens (including phenoxy) is 2. The molecule has 156 valence electrons. The van der Waals surface area contributed by atoms with Crippen LogP contribution in [0.15, 0.2) is 107 Å². The van der Waals surface area contributed by atoms with Crippen molar-refractivity contribution < 1.29 is 23.0 Å². The lowest BCUT2D eigenvalue weighted by Gasteiger charge is -2.14. The molecule has 0 unspecified atom stereocenters. The molecule has 0 aromatic heterocycles. The molecule has 0 radical (unpaired) electrons. The van der Waals surface area contributed by atoms with Crippen LogP contribution in [0, 0.1) is 0 Å². The smallest absolute Gasteiger partial charge is 0.207 e. The van der Waals surface area contributed by atoms with Crippen LogP contribution in [0.5, 0.6) is 23.0 Å². The summed E-state index contributed by atoms with van der Waals surface area (Å²) in [5.74, 6) is 1.84. The van der Waals surface area contributed by atoms with Crippen molar-refractivity contribution in [3.05, 3.63) is 97.1 Å². The molecule has 0 aliphatic carbocycles. The summed E-state index contributed by atoms with van der Waals surface area (Å²) >= 11 is 0. The van der Waals surface area contributed by atoms with Crippen molar-refractivity contribution in [1.82, 2.24) is 0 Å². The maximum atomic E-state index is 13.4. The fourth-order valence-electron chi connectivity index (χ4n) is 3.18. The third-order valence-corrected chi connectivity index (χ3v) is 6.60. The summed E-state index contributed by atoms with van der Waals surface area (Å²) in [6, 6.07) is 26.8. The Labute approximate surface area is 181 Å². The van der Waals surface area contributed by atoms with E-state index in [2.05, 4.69) is 0 Å². The van der Waals surface area contributed by atoms with Crippen LogP contribution < -0.4 is 9.47 Å². The molecular formula is C25H20O5S. The van der Waals surface area contributed by atoms with E-state index in [0.29, 0.717) is 28.4 Å². The van der Waals surface area contributed by atoms with Gasteiger partial charge in [0.25, 0.3) is 0 Å². The Morgan fingerprint density at radius 2 is 1.35 bits per heavy atom. The molecule has 1 N–H and O–H groups in total. The highest BCUT2D eigenvalue weighted by molar-refractivity contribution is 7.91. The quantitative estimate of drug-likeness (QED) is 0.424. The molecule has 0 saturated heterocycles. The number of rotatable bonds is 6. The maximum absolute atomic E-state index is 13.4. The standard InChI is InChI=1S/C25H20O5S/c1-29-20-11-7-18(8-12-20)24-17-22(30-21-5-3-2-4-6-21)13-16-25(24)31(27,28)23-14-9-19(26)10-15-23/h2-17,26H,1H3. The number of hydrogen-bond acceptors (Lipinski definition) is 5. The van der Waals surface area contributed by atoms with Gasteiger partial charge in [-0.05, 0) is 72.3 Å². The Bertz CT molecular complexity index is 1280. The van der Waals surface area contributed by atoms with E-state index in [4.69, 9.17) is 9.47 Å². The lowest BCUT2D eigenvalue weighted by atomic mass is 10.1. The second-order valence-corrected chi connectivity index (χ2v) is 8.72. The predicted octanol–water partition coefficient (Wildman–Crippen LogP) is 5.69. The van der Waals surface area contributed by atoms with Crippen LogP contribution in [0.4, 0.5) is 0 Å². The van der Waals surface area contributed by atoms with E-state index < -0.39 is 9.84 Å². The summed E-state index contributed by atoms with van der Waals surface area (Å²) in [6.07, 6.45) is 0. The van der Waals surface area contributed by atoms with Gasteiger partial charge in [-0.1, -0.05) is 30.3 Å². The average Bonchev–Trinajstić information content (AvgIpc) is 2.80. The fourth-order valence-corrected chi connectivity index (χ4v) is 4.64. The first kappa shape index (κ1) is 20.5. The Morgan fingerprint density at radius 1 is 0.710 bits per heavy atom. The Morgan fingerprint density at radius 3 is 2.00 bits per heavy atom. The van der Waals surface area contributed by atoms with Crippen LogP contribution in [0.1, 0.15) is 0 Å². The van der Waals surface area contributed by atoms with Gasteiger partial charge in [0.15, 0.2) is 0 Å². The van der Waals surface area contributed by atoms with E-state index in [-0.39, 0.29) is 15.5 Å². The second-order valence-electron chi connectivity index (χ2n) is 6.80. The molecule has 6 heteroatoms. The van der Waals surface area contributed by atoms with Gasteiger partial charge in [-0.2, -0.15) is 0 Å². The van der Waals surface area contributed by atoms with E-state index >= 15 is 0 Å². The summed E-state index contributed by atoms with van der Waals surface area (Å²) in [5.41, 5.74) is 1.21. The monoisotopic (exact) mass is 432 g/mol. The highest BCUT2D eigenvalue weighted by Gasteiger charge is 2.23. The van der Waals surface area contributed by atoms with Gasteiger partial charge >= 0.3 is 0 Å². The lowest BCUT2D eigenvalue weighted by Crippen LogP contribution is -2.04. The fraction of sp³-hybridized carbons (Fsp3) is 0.0400. The SMILES string of the molecule is COc1ccc(-c2cc(Oc3ccccc3)ccc2S(=O)(=O)c2ccc(O)cc2)cc1. The molecule has 0 amide bonds. The van der Waals surface area contributed by atoms with Crippen molar-refractivity contribution in [1.29, 1.82) is 0 Å². The number of phenols is 1. The van der Waals surface area contributed by atoms with Gasteiger partial charge in [0, 0.05) is 5.56 Å². The molecule has 0 atom stereocenters. The molecule has 4 rings (SSSR count). The van der Waals surface area contributed by atoms with E-state index in [1.807, 2.05) is 30.3 Å². The van der Waals surface area contributed by atoms with Crippen molar-refractivity contribution in [2.45, 2.75) is 9.79 Å². The van der Waals surface area contributed by atoms with Gasteiger partial charge in [-0.15, -0.1) is 0 Å².